The molecule has 10 heteroatoms. The number of amides is 1. The van der Waals surface area contributed by atoms with Crippen LogP contribution < -0.4 is 10.1 Å². The van der Waals surface area contributed by atoms with Gasteiger partial charge >= 0.3 is 6.18 Å². The van der Waals surface area contributed by atoms with Gasteiger partial charge in [0.25, 0.3) is 5.91 Å². The summed E-state index contributed by atoms with van der Waals surface area (Å²) in [4.78, 5) is 13.9. The summed E-state index contributed by atoms with van der Waals surface area (Å²) in [6.07, 6.45) is -1.45. The fourth-order valence-electron chi connectivity index (χ4n) is 2.88. The highest BCUT2D eigenvalue weighted by Crippen LogP contribution is 2.31. The van der Waals surface area contributed by atoms with Gasteiger partial charge in [-0.2, -0.15) is 13.2 Å². The van der Waals surface area contributed by atoms with Crippen molar-refractivity contribution in [1.29, 1.82) is 0 Å². The predicted octanol–water partition coefficient (Wildman–Crippen LogP) is 4.73. The lowest BCUT2D eigenvalue weighted by atomic mass is 10.2. The van der Waals surface area contributed by atoms with Gasteiger partial charge in [0.2, 0.25) is 0 Å². The summed E-state index contributed by atoms with van der Waals surface area (Å²) in [5.74, 6) is 1.06. The van der Waals surface area contributed by atoms with Crippen molar-refractivity contribution in [2.75, 3.05) is 0 Å². The SMILES string of the molecule is O=C1/C(=C\c2ccc(COc3cccc(C(F)(F)F)c3)o2)NC(=S)N1Cc1ccco1. The minimum atomic E-state index is -4.45. The molecule has 1 amide bonds. The Labute approximate surface area is 179 Å². The number of ether oxygens (including phenoxy) is 1. The van der Waals surface area contributed by atoms with Crippen molar-refractivity contribution in [3.63, 3.8) is 0 Å². The number of alkyl halides is 3. The number of halogens is 3. The van der Waals surface area contributed by atoms with E-state index in [-0.39, 0.29) is 35.6 Å². The molecular formula is C21H15F3N2O4S. The first kappa shape index (κ1) is 20.7. The van der Waals surface area contributed by atoms with Crippen LogP contribution in [-0.4, -0.2) is 15.9 Å². The molecule has 0 radical (unpaired) electrons. The van der Waals surface area contributed by atoms with E-state index in [0.717, 1.165) is 12.1 Å². The molecule has 1 fully saturated rings. The van der Waals surface area contributed by atoms with Crippen LogP contribution in [0.5, 0.6) is 5.75 Å². The zero-order chi connectivity index (χ0) is 22.0. The number of nitrogens with one attached hydrogen (secondary N) is 1. The average molecular weight is 448 g/mol. The van der Waals surface area contributed by atoms with E-state index in [1.165, 1.54) is 29.4 Å². The van der Waals surface area contributed by atoms with Crippen LogP contribution in [0, 0.1) is 0 Å². The molecule has 0 atom stereocenters. The van der Waals surface area contributed by atoms with E-state index in [4.69, 9.17) is 25.8 Å². The number of rotatable bonds is 6. The van der Waals surface area contributed by atoms with Gasteiger partial charge in [-0.15, -0.1) is 0 Å². The fraction of sp³-hybridized carbons (Fsp3) is 0.143. The fourth-order valence-corrected chi connectivity index (χ4v) is 3.14. The topological polar surface area (TPSA) is 67.8 Å². The Morgan fingerprint density at radius 1 is 1.13 bits per heavy atom. The molecular weight excluding hydrogens is 433 g/mol. The van der Waals surface area contributed by atoms with Crippen LogP contribution in [0.3, 0.4) is 0 Å². The van der Waals surface area contributed by atoms with E-state index in [1.54, 1.807) is 24.3 Å². The average Bonchev–Trinajstić information content (AvgIpc) is 3.45. The second kappa shape index (κ2) is 8.31. The molecule has 2 aromatic heterocycles. The maximum atomic E-state index is 12.8. The molecule has 3 aromatic rings. The molecule has 0 unspecified atom stereocenters. The molecule has 0 spiro atoms. The molecule has 1 aliphatic heterocycles. The second-order valence-corrected chi connectivity index (χ2v) is 6.96. The van der Waals surface area contributed by atoms with Gasteiger partial charge in [0.05, 0.1) is 18.4 Å². The summed E-state index contributed by atoms with van der Waals surface area (Å²) in [5.41, 5.74) is -0.563. The maximum Gasteiger partial charge on any atom is 0.416 e. The summed E-state index contributed by atoms with van der Waals surface area (Å²) in [6, 6.07) is 11.3. The molecule has 3 heterocycles. The van der Waals surface area contributed by atoms with E-state index >= 15 is 0 Å². The van der Waals surface area contributed by atoms with Gasteiger partial charge in [0.15, 0.2) is 5.11 Å². The predicted molar refractivity (Wildman–Crippen MR) is 107 cm³/mol. The molecule has 4 rings (SSSR count). The molecule has 31 heavy (non-hydrogen) atoms. The molecule has 0 bridgehead atoms. The van der Waals surface area contributed by atoms with E-state index in [0.29, 0.717) is 17.3 Å². The van der Waals surface area contributed by atoms with Crippen LogP contribution in [0.1, 0.15) is 22.8 Å². The van der Waals surface area contributed by atoms with Crippen molar-refractivity contribution in [3.05, 3.63) is 83.3 Å². The lowest BCUT2D eigenvalue weighted by molar-refractivity contribution is -0.137. The van der Waals surface area contributed by atoms with Gasteiger partial charge in [0, 0.05) is 6.08 Å². The van der Waals surface area contributed by atoms with Crippen molar-refractivity contribution < 1.29 is 31.5 Å². The van der Waals surface area contributed by atoms with Gasteiger partial charge in [-0.25, -0.2) is 0 Å². The molecule has 160 valence electrons. The minimum Gasteiger partial charge on any atom is -0.486 e. The number of furan rings is 2. The Morgan fingerprint density at radius 2 is 1.97 bits per heavy atom. The normalized spacial score (nSPS) is 15.6. The van der Waals surface area contributed by atoms with Gasteiger partial charge < -0.3 is 18.9 Å². The van der Waals surface area contributed by atoms with Crippen molar-refractivity contribution in [2.45, 2.75) is 19.3 Å². The molecule has 0 saturated carbocycles. The largest absolute Gasteiger partial charge is 0.486 e. The van der Waals surface area contributed by atoms with Crippen LogP contribution in [0.15, 0.2) is 69.3 Å². The summed E-state index contributed by atoms with van der Waals surface area (Å²) in [7, 11) is 0. The number of hydrogen-bond acceptors (Lipinski definition) is 5. The van der Waals surface area contributed by atoms with Crippen LogP contribution in [0.25, 0.3) is 6.08 Å². The number of nitrogens with zero attached hydrogens (tertiary/aromatic N) is 1. The number of carbonyl (C=O) groups excluding carboxylic acids is 1. The Kier molecular flexibility index (Phi) is 5.55. The van der Waals surface area contributed by atoms with Crippen molar-refractivity contribution in [3.8, 4) is 5.75 Å². The molecule has 6 nitrogen and oxygen atoms in total. The zero-order valence-electron chi connectivity index (χ0n) is 15.8. The first-order chi connectivity index (χ1) is 14.8. The lowest BCUT2D eigenvalue weighted by Gasteiger charge is -2.11. The Hall–Kier alpha value is -3.53. The molecule has 1 saturated heterocycles. The van der Waals surface area contributed by atoms with E-state index in [2.05, 4.69) is 5.32 Å². The minimum absolute atomic E-state index is 0.0673. The Morgan fingerprint density at radius 3 is 2.71 bits per heavy atom. The van der Waals surface area contributed by atoms with Crippen molar-refractivity contribution in [1.82, 2.24) is 10.2 Å². The molecule has 0 aliphatic carbocycles. The Bertz CT molecular complexity index is 1140. The molecule has 1 N–H and O–H groups in total. The van der Waals surface area contributed by atoms with Crippen molar-refractivity contribution >= 4 is 29.3 Å². The monoisotopic (exact) mass is 448 g/mol. The summed E-state index contributed by atoms with van der Waals surface area (Å²) >= 11 is 5.20. The standard InChI is InChI=1S/C21H15F3N2O4S/c22-21(23,24)13-3-1-4-14(9-13)29-12-17-7-6-15(30-17)10-18-19(27)26(20(31)25-18)11-16-5-2-8-28-16/h1-10H,11-12H2,(H,25,31)/b18-10+. The zero-order valence-corrected chi connectivity index (χ0v) is 16.6. The van der Waals surface area contributed by atoms with Gasteiger partial charge in [-0.3, -0.25) is 9.69 Å². The first-order valence-corrected chi connectivity index (χ1v) is 9.46. The van der Waals surface area contributed by atoms with Crippen molar-refractivity contribution in [2.24, 2.45) is 0 Å². The lowest BCUT2D eigenvalue weighted by Crippen LogP contribution is -2.29. The summed E-state index contributed by atoms with van der Waals surface area (Å²) in [5, 5.41) is 3.07. The van der Waals surface area contributed by atoms with E-state index < -0.39 is 11.7 Å². The third-order valence-electron chi connectivity index (χ3n) is 4.37. The molecule has 1 aliphatic rings. The second-order valence-electron chi connectivity index (χ2n) is 6.58. The van der Waals surface area contributed by atoms with Gasteiger partial charge in [0.1, 0.15) is 35.3 Å². The third kappa shape index (κ3) is 4.80. The van der Waals surface area contributed by atoms with Crippen LogP contribution >= 0.6 is 12.2 Å². The number of carbonyl (C=O) groups is 1. The van der Waals surface area contributed by atoms with Crippen LogP contribution in [0.4, 0.5) is 13.2 Å². The number of benzene rings is 1. The maximum absolute atomic E-state index is 12.8. The van der Waals surface area contributed by atoms with E-state index in [1.807, 2.05) is 0 Å². The smallest absolute Gasteiger partial charge is 0.416 e. The van der Waals surface area contributed by atoms with Gasteiger partial charge in [-0.05, 0) is 54.7 Å². The number of thiocarbonyl (C=S) groups is 1. The summed E-state index contributed by atoms with van der Waals surface area (Å²) in [6.45, 7) is 0.123. The first-order valence-electron chi connectivity index (χ1n) is 9.05. The molecule has 1 aromatic carbocycles. The Balaban J connectivity index is 1.40. The van der Waals surface area contributed by atoms with Crippen LogP contribution in [-0.2, 0) is 24.1 Å². The highest BCUT2D eigenvalue weighted by Gasteiger charge is 2.32. The van der Waals surface area contributed by atoms with E-state index in [9.17, 15) is 18.0 Å². The summed E-state index contributed by atoms with van der Waals surface area (Å²) < 4.78 is 54.6. The quantitative estimate of drug-likeness (QED) is 0.435. The highest BCUT2D eigenvalue weighted by molar-refractivity contribution is 7.80. The third-order valence-corrected chi connectivity index (χ3v) is 4.69. The van der Waals surface area contributed by atoms with Crippen LogP contribution in [0.2, 0.25) is 0 Å². The van der Waals surface area contributed by atoms with Gasteiger partial charge in [-0.1, -0.05) is 6.07 Å². The number of hydrogen-bond donors (Lipinski definition) is 1. The highest BCUT2D eigenvalue weighted by atomic mass is 32.1.